The molecule has 2 rings (SSSR count). The van der Waals surface area contributed by atoms with Crippen LogP contribution in [0.2, 0.25) is 0 Å². The molecular weight excluding hydrogens is 392 g/mol. The summed E-state index contributed by atoms with van der Waals surface area (Å²) < 4.78 is 58.0. The average Bonchev–Trinajstić information content (AvgIpc) is 3.18. The molecule has 2 bridgehead atoms. The quantitative estimate of drug-likeness (QED) is 0.241. The van der Waals surface area contributed by atoms with Crippen molar-refractivity contribution in [2.45, 2.75) is 46.0 Å². The lowest BCUT2D eigenvalue weighted by Crippen LogP contribution is -2.37. The molecule has 10 heteroatoms. The average molecular weight is 421 g/mol. The van der Waals surface area contributed by atoms with Gasteiger partial charge in [0.05, 0.1) is 23.3 Å². The van der Waals surface area contributed by atoms with E-state index in [-0.39, 0.29) is 23.3 Å². The summed E-state index contributed by atoms with van der Waals surface area (Å²) in [6, 6.07) is 0. The van der Waals surface area contributed by atoms with Crippen molar-refractivity contribution in [3.05, 3.63) is 12.2 Å². The number of allylic oxidation sites excluding steroid dienone is 2. The van der Waals surface area contributed by atoms with E-state index < -0.39 is 43.9 Å². The second-order valence-corrected chi connectivity index (χ2v) is 10.5. The molecule has 2 N–H and O–H groups in total. The fourth-order valence-electron chi connectivity index (χ4n) is 3.65. The van der Waals surface area contributed by atoms with Gasteiger partial charge in [-0.3, -0.25) is 10.8 Å². The van der Waals surface area contributed by atoms with Crippen molar-refractivity contribution in [1.82, 2.24) is 0 Å². The standard InChI is InChI=1S/C17H28N2O6S2/c1-3-5-9-26(20,21)24-16(18)14-12-7-8-13(11-12)15(14)17(19)25-27(22,23)10-6-4-2/h7-8,12-15,18-19H,3-6,9-11H2,1-2H3. The normalized spacial score (nSPS) is 26.9. The van der Waals surface area contributed by atoms with E-state index in [0.717, 1.165) is 0 Å². The predicted octanol–water partition coefficient (Wildman–Crippen LogP) is 2.67. The minimum atomic E-state index is -3.87. The first-order chi connectivity index (χ1) is 12.6. The van der Waals surface area contributed by atoms with Crippen LogP contribution >= 0.6 is 0 Å². The highest BCUT2D eigenvalue weighted by atomic mass is 32.2. The van der Waals surface area contributed by atoms with Crippen LogP contribution in [0.15, 0.2) is 12.2 Å². The Hall–Kier alpha value is -1.42. The van der Waals surface area contributed by atoms with Crippen LogP contribution in [0.4, 0.5) is 0 Å². The topological polar surface area (TPSA) is 134 Å². The van der Waals surface area contributed by atoms with Crippen LogP contribution in [-0.4, -0.2) is 40.1 Å². The molecule has 0 spiro atoms. The maximum Gasteiger partial charge on any atom is 0.310 e. The number of rotatable bonds is 10. The molecule has 0 aromatic rings. The lowest BCUT2D eigenvalue weighted by atomic mass is 9.83. The zero-order valence-electron chi connectivity index (χ0n) is 15.7. The Bertz CT molecular complexity index is 737. The molecule has 154 valence electrons. The molecule has 4 atom stereocenters. The van der Waals surface area contributed by atoms with Gasteiger partial charge in [-0.1, -0.05) is 38.8 Å². The Labute approximate surface area is 161 Å². The smallest absolute Gasteiger partial charge is 0.310 e. The Balaban J connectivity index is 2.12. The highest BCUT2D eigenvalue weighted by Gasteiger charge is 2.51. The van der Waals surface area contributed by atoms with Gasteiger partial charge in [0.25, 0.3) is 0 Å². The summed E-state index contributed by atoms with van der Waals surface area (Å²) in [4.78, 5) is 0. The van der Waals surface area contributed by atoms with Gasteiger partial charge in [0, 0.05) is 0 Å². The van der Waals surface area contributed by atoms with Gasteiger partial charge in [0.1, 0.15) is 0 Å². The van der Waals surface area contributed by atoms with Crippen LogP contribution in [0.5, 0.6) is 0 Å². The summed E-state index contributed by atoms with van der Waals surface area (Å²) in [6.45, 7) is 3.71. The van der Waals surface area contributed by atoms with Crippen molar-refractivity contribution < 1.29 is 25.2 Å². The Morgan fingerprint density at radius 2 is 1.22 bits per heavy atom. The van der Waals surface area contributed by atoms with E-state index in [9.17, 15) is 16.8 Å². The Morgan fingerprint density at radius 1 is 0.852 bits per heavy atom. The lowest BCUT2D eigenvalue weighted by Gasteiger charge is -2.27. The molecule has 0 heterocycles. The molecule has 1 saturated carbocycles. The van der Waals surface area contributed by atoms with Gasteiger partial charge in [0.15, 0.2) is 0 Å². The first-order valence-electron chi connectivity index (χ1n) is 9.29. The number of hydrogen-bond donors (Lipinski definition) is 2. The second-order valence-electron chi connectivity index (χ2n) is 7.13. The maximum atomic E-state index is 12.0. The molecule has 8 nitrogen and oxygen atoms in total. The van der Waals surface area contributed by atoms with Crippen LogP contribution in [-0.2, 0) is 28.6 Å². The van der Waals surface area contributed by atoms with Crippen LogP contribution in [0.3, 0.4) is 0 Å². The molecule has 0 aromatic carbocycles. The number of unbranched alkanes of at least 4 members (excludes halogenated alkanes) is 2. The molecule has 4 unspecified atom stereocenters. The van der Waals surface area contributed by atoms with Crippen molar-refractivity contribution in [3.8, 4) is 0 Å². The number of hydrogen-bond acceptors (Lipinski definition) is 8. The molecular formula is C17H28N2O6S2. The van der Waals surface area contributed by atoms with E-state index in [1.165, 1.54) is 0 Å². The van der Waals surface area contributed by atoms with Gasteiger partial charge >= 0.3 is 20.2 Å². The fourth-order valence-corrected chi connectivity index (χ4v) is 5.87. The van der Waals surface area contributed by atoms with E-state index in [1.54, 1.807) is 0 Å². The molecule has 0 amide bonds. The van der Waals surface area contributed by atoms with Crippen LogP contribution < -0.4 is 0 Å². The molecule has 2 aliphatic rings. The SMILES string of the molecule is CCCCS(=O)(=O)OC(=N)C1C2C=CC(C2)C1C(=N)OS(=O)(=O)CCCC. The molecule has 0 saturated heterocycles. The Kier molecular flexibility index (Phi) is 7.07. The molecule has 0 aromatic heterocycles. The predicted molar refractivity (Wildman–Crippen MR) is 103 cm³/mol. The van der Waals surface area contributed by atoms with Gasteiger partial charge in [-0.05, 0) is 31.1 Å². The van der Waals surface area contributed by atoms with Crippen molar-refractivity contribution in [2.75, 3.05) is 11.5 Å². The summed E-state index contributed by atoms with van der Waals surface area (Å²) in [5, 5.41) is 16.3. The fraction of sp³-hybridized carbons (Fsp3) is 0.765. The number of fused-ring (bicyclic) bond motifs is 2. The summed E-state index contributed by atoms with van der Waals surface area (Å²) >= 11 is 0. The van der Waals surface area contributed by atoms with Crippen LogP contribution in [0, 0.1) is 34.5 Å². The van der Waals surface area contributed by atoms with E-state index in [1.807, 2.05) is 26.0 Å². The van der Waals surface area contributed by atoms with Crippen LogP contribution in [0.25, 0.3) is 0 Å². The monoisotopic (exact) mass is 420 g/mol. The molecule has 1 fully saturated rings. The highest BCUT2D eigenvalue weighted by molar-refractivity contribution is 7.87. The third kappa shape index (κ3) is 5.54. The van der Waals surface area contributed by atoms with Crippen LogP contribution in [0.1, 0.15) is 46.0 Å². The second kappa shape index (κ2) is 8.72. The lowest BCUT2D eigenvalue weighted by molar-refractivity contribution is 0.366. The van der Waals surface area contributed by atoms with E-state index in [2.05, 4.69) is 0 Å². The molecule has 2 aliphatic carbocycles. The van der Waals surface area contributed by atoms with Gasteiger partial charge in [-0.25, -0.2) is 0 Å². The van der Waals surface area contributed by atoms with Crippen molar-refractivity contribution >= 4 is 32.0 Å². The molecule has 27 heavy (non-hydrogen) atoms. The van der Waals surface area contributed by atoms with E-state index in [4.69, 9.17) is 19.2 Å². The first kappa shape index (κ1) is 21.9. The van der Waals surface area contributed by atoms with E-state index >= 15 is 0 Å². The third-order valence-electron chi connectivity index (χ3n) is 4.99. The largest absolute Gasteiger partial charge is 0.367 e. The molecule has 0 radical (unpaired) electrons. The van der Waals surface area contributed by atoms with Gasteiger partial charge in [-0.15, -0.1) is 0 Å². The summed E-state index contributed by atoms with van der Waals surface area (Å²) in [7, 11) is -7.74. The minimum Gasteiger partial charge on any atom is -0.367 e. The van der Waals surface area contributed by atoms with Gasteiger partial charge in [0.2, 0.25) is 11.8 Å². The zero-order valence-corrected chi connectivity index (χ0v) is 17.3. The van der Waals surface area contributed by atoms with Gasteiger partial charge in [-0.2, -0.15) is 16.8 Å². The molecule has 0 aliphatic heterocycles. The van der Waals surface area contributed by atoms with Gasteiger partial charge < -0.3 is 8.37 Å². The van der Waals surface area contributed by atoms with Crippen molar-refractivity contribution in [2.24, 2.45) is 23.7 Å². The van der Waals surface area contributed by atoms with Crippen molar-refractivity contribution in [3.63, 3.8) is 0 Å². The van der Waals surface area contributed by atoms with E-state index in [0.29, 0.717) is 32.1 Å². The Morgan fingerprint density at radius 3 is 1.56 bits per heavy atom. The highest BCUT2D eigenvalue weighted by Crippen LogP contribution is 2.49. The summed E-state index contributed by atoms with van der Waals surface area (Å²) in [6.07, 6.45) is 6.61. The zero-order chi connectivity index (χ0) is 20.2. The van der Waals surface area contributed by atoms with Crippen molar-refractivity contribution in [1.29, 1.82) is 10.8 Å². The first-order valence-corrected chi connectivity index (χ1v) is 12.4. The third-order valence-corrected chi connectivity index (χ3v) is 7.44. The summed E-state index contributed by atoms with van der Waals surface area (Å²) in [5.74, 6) is -2.94. The minimum absolute atomic E-state index is 0.156. The summed E-state index contributed by atoms with van der Waals surface area (Å²) in [5.41, 5.74) is 0. The number of nitrogens with one attached hydrogen (secondary N) is 2. The maximum absolute atomic E-state index is 12.0.